The van der Waals surface area contributed by atoms with E-state index in [-0.39, 0.29) is 12.2 Å². The minimum atomic E-state index is -1.88. The Morgan fingerprint density at radius 2 is 1.88 bits per heavy atom. The van der Waals surface area contributed by atoms with E-state index in [1.54, 1.807) is 30.3 Å². The first-order chi connectivity index (χ1) is 11.9. The molecule has 25 heavy (non-hydrogen) atoms. The van der Waals surface area contributed by atoms with E-state index in [4.69, 9.17) is 11.6 Å². The summed E-state index contributed by atoms with van der Waals surface area (Å²) < 4.78 is 0. The summed E-state index contributed by atoms with van der Waals surface area (Å²) in [6.07, 6.45) is 0.443. The molecule has 1 amide bonds. The number of fused-ring (bicyclic) bond motifs is 1. The second-order valence-electron chi connectivity index (χ2n) is 6.44. The molecular weight excluding hydrogens is 338 g/mol. The maximum atomic E-state index is 12.9. The van der Waals surface area contributed by atoms with E-state index in [9.17, 15) is 14.7 Å². The van der Waals surface area contributed by atoms with E-state index in [2.05, 4.69) is 0 Å². The molecule has 1 aliphatic rings. The Balaban J connectivity index is 1.99. The lowest BCUT2D eigenvalue weighted by Gasteiger charge is -2.22. The Kier molecular flexibility index (Phi) is 4.67. The average molecular weight is 358 g/mol. The smallest absolute Gasteiger partial charge is 0.264 e. The minimum Gasteiger partial charge on any atom is -0.375 e. The van der Waals surface area contributed by atoms with Gasteiger partial charge >= 0.3 is 0 Å². The van der Waals surface area contributed by atoms with Crippen molar-refractivity contribution in [3.05, 3.63) is 64.2 Å². The molecule has 0 aliphatic carbocycles. The van der Waals surface area contributed by atoms with Crippen molar-refractivity contribution in [2.24, 2.45) is 0 Å². The summed E-state index contributed by atoms with van der Waals surface area (Å²) in [7, 11) is 0. The molecule has 0 radical (unpaired) electrons. The van der Waals surface area contributed by atoms with Gasteiger partial charge in [0, 0.05) is 22.7 Å². The predicted octanol–water partition coefficient (Wildman–Crippen LogP) is 3.87. The number of Topliss-reactive ketones (excluding diaryl/α,β-unsaturated/α-hetero) is 1. The molecule has 2 aromatic rings. The first kappa shape index (κ1) is 17.6. The number of anilines is 1. The number of hydrogen-bond donors (Lipinski definition) is 1. The number of aryl methyl sites for hydroxylation is 1. The van der Waals surface area contributed by atoms with Crippen molar-refractivity contribution in [1.29, 1.82) is 0 Å². The van der Waals surface area contributed by atoms with Crippen molar-refractivity contribution in [2.75, 3.05) is 11.4 Å². The average Bonchev–Trinajstić information content (AvgIpc) is 2.77. The molecule has 0 bridgehead atoms. The molecule has 1 aliphatic heterocycles. The van der Waals surface area contributed by atoms with Crippen molar-refractivity contribution < 1.29 is 14.7 Å². The molecule has 130 valence electrons. The van der Waals surface area contributed by atoms with Gasteiger partial charge < -0.3 is 10.0 Å². The van der Waals surface area contributed by atoms with E-state index >= 15 is 0 Å². The van der Waals surface area contributed by atoms with Gasteiger partial charge in [-0.05, 0) is 31.5 Å². The van der Waals surface area contributed by atoms with Crippen LogP contribution >= 0.6 is 11.6 Å². The highest BCUT2D eigenvalue weighted by Crippen LogP contribution is 2.44. The zero-order valence-electron chi connectivity index (χ0n) is 14.3. The predicted molar refractivity (Wildman–Crippen MR) is 98.1 cm³/mol. The van der Waals surface area contributed by atoms with Crippen LogP contribution in [0.15, 0.2) is 42.5 Å². The number of hydrogen-bond acceptors (Lipinski definition) is 3. The van der Waals surface area contributed by atoms with Crippen LogP contribution in [0.4, 0.5) is 5.69 Å². The lowest BCUT2D eigenvalue weighted by atomic mass is 9.88. The van der Waals surface area contributed by atoms with E-state index in [0.717, 1.165) is 12.0 Å². The van der Waals surface area contributed by atoms with Crippen LogP contribution in [0.1, 0.15) is 41.3 Å². The lowest BCUT2D eigenvalue weighted by Crippen LogP contribution is -2.42. The summed E-state index contributed by atoms with van der Waals surface area (Å²) in [6, 6.07) is 12.1. The number of amides is 1. The van der Waals surface area contributed by atoms with Crippen LogP contribution in [0.25, 0.3) is 0 Å². The molecule has 5 heteroatoms. The fourth-order valence-corrected chi connectivity index (χ4v) is 3.39. The second kappa shape index (κ2) is 6.62. The number of carbonyl (C=O) groups excluding carboxylic acids is 2. The van der Waals surface area contributed by atoms with Crippen molar-refractivity contribution in [2.45, 2.75) is 32.3 Å². The highest BCUT2D eigenvalue weighted by molar-refractivity contribution is 6.31. The molecule has 0 spiro atoms. The van der Waals surface area contributed by atoms with E-state index in [0.29, 0.717) is 28.4 Å². The van der Waals surface area contributed by atoms with Crippen LogP contribution in [-0.4, -0.2) is 23.3 Å². The van der Waals surface area contributed by atoms with Gasteiger partial charge in [0.15, 0.2) is 11.4 Å². The number of aliphatic hydroxyl groups is 1. The molecule has 0 saturated carbocycles. The maximum Gasteiger partial charge on any atom is 0.264 e. The number of halogens is 1. The molecule has 1 atom stereocenters. The largest absolute Gasteiger partial charge is 0.375 e. The number of carbonyl (C=O) groups is 2. The highest BCUT2D eigenvalue weighted by atomic mass is 35.5. The van der Waals surface area contributed by atoms with E-state index in [1.165, 1.54) is 4.90 Å². The van der Waals surface area contributed by atoms with Gasteiger partial charge in [0.25, 0.3) is 5.91 Å². The molecule has 3 rings (SSSR count). The zero-order valence-corrected chi connectivity index (χ0v) is 15.0. The summed E-state index contributed by atoms with van der Waals surface area (Å²) in [5.41, 5.74) is 0.661. The van der Waals surface area contributed by atoms with Crippen LogP contribution in [0, 0.1) is 6.92 Å². The third kappa shape index (κ3) is 3.08. The van der Waals surface area contributed by atoms with Gasteiger partial charge in [0.1, 0.15) is 0 Å². The van der Waals surface area contributed by atoms with Gasteiger partial charge in [-0.15, -0.1) is 0 Å². The van der Waals surface area contributed by atoms with Crippen molar-refractivity contribution in [1.82, 2.24) is 0 Å². The van der Waals surface area contributed by atoms with Crippen LogP contribution in [0.5, 0.6) is 0 Å². The number of benzene rings is 2. The van der Waals surface area contributed by atoms with Crippen LogP contribution in [0.3, 0.4) is 0 Å². The molecule has 0 unspecified atom stereocenters. The highest BCUT2D eigenvalue weighted by Gasteiger charge is 2.50. The first-order valence-corrected chi connectivity index (χ1v) is 8.69. The lowest BCUT2D eigenvalue weighted by molar-refractivity contribution is -0.135. The van der Waals surface area contributed by atoms with Crippen LogP contribution < -0.4 is 4.90 Å². The van der Waals surface area contributed by atoms with Gasteiger partial charge in [-0.2, -0.15) is 0 Å². The Morgan fingerprint density at radius 3 is 2.52 bits per heavy atom. The second-order valence-corrected chi connectivity index (χ2v) is 6.88. The summed E-state index contributed by atoms with van der Waals surface area (Å²) in [5.74, 6) is -0.743. The van der Waals surface area contributed by atoms with Gasteiger partial charge in [0.05, 0.1) is 12.1 Å². The molecule has 0 aromatic heterocycles. The van der Waals surface area contributed by atoms with Crippen LogP contribution in [0.2, 0.25) is 5.02 Å². The van der Waals surface area contributed by atoms with Gasteiger partial charge in [0.2, 0.25) is 0 Å². The minimum absolute atomic E-state index is 0.278. The standard InChI is InChI=1S/C20H20ClNO3/c1-3-10-22-17-9-8-15(21)11-16(17)20(25,19(22)24)12-18(23)14-6-4-13(2)5-7-14/h4-9,11,25H,3,10,12H2,1-2H3/t20-/m0/s1. The Labute approximate surface area is 152 Å². The van der Waals surface area contributed by atoms with E-state index < -0.39 is 11.5 Å². The third-order valence-corrected chi connectivity index (χ3v) is 4.77. The summed E-state index contributed by atoms with van der Waals surface area (Å²) in [4.78, 5) is 27.1. The number of rotatable bonds is 5. The number of ketones is 1. The Morgan fingerprint density at radius 1 is 1.20 bits per heavy atom. The molecule has 2 aromatic carbocycles. The molecule has 0 fully saturated rings. The van der Waals surface area contributed by atoms with Gasteiger partial charge in [-0.1, -0.05) is 48.4 Å². The molecule has 1 N–H and O–H groups in total. The molecular formula is C20H20ClNO3. The quantitative estimate of drug-likeness (QED) is 0.826. The van der Waals surface area contributed by atoms with Crippen molar-refractivity contribution in [3.8, 4) is 0 Å². The SMILES string of the molecule is CCCN1C(=O)[C@](O)(CC(=O)c2ccc(C)cc2)c2cc(Cl)ccc21. The molecule has 0 saturated heterocycles. The normalized spacial score (nSPS) is 19.2. The number of nitrogens with zero attached hydrogens (tertiary/aromatic N) is 1. The molecule has 4 nitrogen and oxygen atoms in total. The topological polar surface area (TPSA) is 57.6 Å². The Bertz CT molecular complexity index is 831. The monoisotopic (exact) mass is 357 g/mol. The summed E-state index contributed by atoms with van der Waals surface area (Å²) >= 11 is 6.07. The third-order valence-electron chi connectivity index (χ3n) is 4.53. The summed E-state index contributed by atoms with van der Waals surface area (Å²) in [6.45, 7) is 4.37. The zero-order chi connectivity index (χ0) is 18.2. The van der Waals surface area contributed by atoms with Gasteiger partial charge in [-0.25, -0.2) is 0 Å². The fraction of sp³-hybridized carbons (Fsp3) is 0.300. The Hall–Kier alpha value is -2.17. The van der Waals surface area contributed by atoms with Crippen LogP contribution in [-0.2, 0) is 10.4 Å². The molecule has 1 heterocycles. The summed E-state index contributed by atoms with van der Waals surface area (Å²) in [5, 5.41) is 11.6. The first-order valence-electron chi connectivity index (χ1n) is 8.31. The maximum absolute atomic E-state index is 12.9. The van der Waals surface area contributed by atoms with Crippen molar-refractivity contribution in [3.63, 3.8) is 0 Å². The van der Waals surface area contributed by atoms with Gasteiger partial charge in [-0.3, -0.25) is 9.59 Å². The fourth-order valence-electron chi connectivity index (χ4n) is 3.21. The van der Waals surface area contributed by atoms with Crippen molar-refractivity contribution >= 4 is 29.0 Å². The van der Waals surface area contributed by atoms with E-state index in [1.807, 2.05) is 26.0 Å².